The van der Waals surface area contributed by atoms with Crippen LogP contribution in [-0.4, -0.2) is 28.4 Å². The Bertz CT molecular complexity index is 528. The molecule has 0 fully saturated rings. The lowest BCUT2D eigenvalue weighted by atomic mass is 10.2. The molecule has 2 rings (SSSR count). The summed E-state index contributed by atoms with van der Waals surface area (Å²) in [6, 6.07) is 7.88. The summed E-state index contributed by atoms with van der Waals surface area (Å²) in [6.07, 6.45) is 1.59. The fraction of sp³-hybridized carbons (Fsp3) is 0.333. The van der Waals surface area contributed by atoms with E-state index in [1.54, 1.807) is 18.1 Å². The standard InChI is InChI=1S/C12H16N6/c1-4-17(2)11-7-5-10(6-8-11)14-15-12-13-9-18(3)16-12/h5-9H,4H2,1-3H3. The number of hydrogen-bond acceptors (Lipinski definition) is 5. The Hall–Kier alpha value is -2.24. The maximum atomic E-state index is 4.08. The lowest BCUT2D eigenvalue weighted by Crippen LogP contribution is -2.15. The highest BCUT2D eigenvalue weighted by Crippen LogP contribution is 2.20. The zero-order chi connectivity index (χ0) is 13.0. The van der Waals surface area contributed by atoms with Gasteiger partial charge < -0.3 is 4.90 Å². The van der Waals surface area contributed by atoms with Gasteiger partial charge >= 0.3 is 0 Å². The van der Waals surface area contributed by atoms with Crippen LogP contribution in [0.2, 0.25) is 0 Å². The number of rotatable bonds is 4. The summed E-state index contributed by atoms with van der Waals surface area (Å²) in [5, 5.41) is 12.1. The highest BCUT2D eigenvalue weighted by atomic mass is 15.4. The molecular weight excluding hydrogens is 228 g/mol. The van der Waals surface area contributed by atoms with Crippen LogP contribution in [-0.2, 0) is 7.05 Å². The van der Waals surface area contributed by atoms with E-state index in [9.17, 15) is 0 Å². The van der Waals surface area contributed by atoms with Gasteiger partial charge in [0.25, 0.3) is 5.95 Å². The Labute approximate surface area is 106 Å². The van der Waals surface area contributed by atoms with Crippen LogP contribution >= 0.6 is 0 Å². The first-order valence-corrected chi connectivity index (χ1v) is 5.77. The Morgan fingerprint density at radius 1 is 1.22 bits per heavy atom. The third-order valence-corrected chi connectivity index (χ3v) is 2.61. The average Bonchev–Trinajstić information content (AvgIpc) is 2.82. The molecule has 0 amide bonds. The summed E-state index contributed by atoms with van der Waals surface area (Å²) in [4.78, 5) is 6.13. The third kappa shape index (κ3) is 2.91. The van der Waals surface area contributed by atoms with Crippen molar-refractivity contribution in [1.29, 1.82) is 0 Å². The van der Waals surface area contributed by atoms with E-state index in [-0.39, 0.29) is 0 Å². The van der Waals surface area contributed by atoms with Crippen LogP contribution in [0.4, 0.5) is 17.3 Å². The highest BCUT2D eigenvalue weighted by molar-refractivity contribution is 5.52. The van der Waals surface area contributed by atoms with Crippen molar-refractivity contribution in [2.45, 2.75) is 6.92 Å². The van der Waals surface area contributed by atoms with Crippen molar-refractivity contribution >= 4 is 17.3 Å². The van der Waals surface area contributed by atoms with E-state index in [2.05, 4.69) is 32.1 Å². The average molecular weight is 244 g/mol. The van der Waals surface area contributed by atoms with Crippen molar-refractivity contribution in [2.75, 3.05) is 18.5 Å². The molecule has 0 saturated heterocycles. The topological polar surface area (TPSA) is 58.7 Å². The van der Waals surface area contributed by atoms with Gasteiger partial charge in [0, 0.05) is 26.3 Å². The number of benzene rings is 1. The van der Waals surface area contributed by atoms with Gasteiger partial charge in [0.2, 0.25) is 0 Å². The van der Waals surface area contributed by atoms with Crippen molar-refractivity contribution in [3.05, 3.63) is 30.6 Å². The number of anilines is 1. The first-order valence-electron chi connectivity index (χ1n) is 5.77. The molecule has 0 aliphatic rings. The third-order valence-electron chi connectivity index (χ3n) is 2.61. The van der Waals surface area contributed by atoms with Gasteiger partial charge in [-0.25, -0.2) is 0 Å². The molecule has 18 heavy (non-hydrogen) atoms. The predicted molar refractivity (Wildman–Crippen MR) is 70.6 cm³/mol. The summed E-state index contributed by atoms with van der Waals surface area (Å²) in [5.41, 5.74) is 1.95. The van der Waals surface area contributed by atoms with Crippen molar-refractivity contribution in [2.24, 2.45) is 17.3 Å². The summed E-state index contributed by atoms with van der Waals surface area (Å²) in [5.74, 6) is 0.368. The second-order valence-corrected chi connectivity index (χ2v) is 3.95. The molecule has 0 unspecified atom stereocenters. The normalized spacial score (nSPS) is 11.1. The Morgan fingerprint density at radius 3 is 2.50 bits per heavy atom. The van der Waals surface area contributed by atoms with Gasteiger partial charge in [-0.2, -0.15) is 4.98 Å². The van der Waals surface area contributed by atoms with Crippen molar-refractivity contribution < 1.29 is 0 Å². The van der Waals surface area contributed by atoms with Crippen LogP contribution < -0.4 is 4.90 Å². The quantitative estimate of drug-likeness (QED) is 0.777. The molecule has 1 heterocycles. The highest BCUT2D eigenvalue weighted by Gasteiger charge is 1.98. The molecule has 0 spiro atoms. The number of aromatic nitrogens is 3. The molecule has 2 aromatic rings. The van der Waals surface area contributed by atoms with Gasteiger partial charge in [-0.15, -0.1) is 15.3 Å². The van der Waals surface area contributed by atoms with Crippen LogP contribution in [0.5, 0.6) is 0 Å². The van der Waals surface area contributed by atoms with Gasteiger partial charge in [0.1, 0.15) is 6.33 Å². The minimum absolute atomic E-state index is 0.368. The number of nitrogens with zero attached hydrogens (tertiary/aromatic N) is 6. The number of aryl methyl sites for hydroxylation is 1. The maximum Gasteiger partial charge on any atom is 0.287 e. The van der Waals surface area contributed by atoms with E-state index in [1.807, 2.05) is 31.3 Å². The molecular formula is C12H16N6. The van der Waals surface area contributed by atoms with Crippen molar-refractivity contribution in [3.8, 4) is 0 Å². The van der Waals surface area contributed by atoms with Crippen LogP contribution in [0.25, 0.3) is 0 Å². The molecule has 0 aliphatic heterocycles. The molecule has 6 nitrogen and oxygen atoms in total. The summed E-state index contributed by atoms with van der Waals surface area (Å²) < 4.78 is 1.59. The zero-order valence-corrected chi connectivity index (χ0v) is 10.8. The second kappa shape index (κ2) is 5.39. The molecule has 0 atom stereocenters. The summed E-state index contributed by atoms with van der Waals surface area (Å²) >= 11 is 0. The first-order chi connectivity index (χ1) is 8.69. The number of hydrogen-bond donors (Lipinski definition) is 0. The first kappa shape index (κ1) is 12.2. The maximum absolute atomic E-state index is 4.08. The molecule has 1 aromatic carbocycles. The van der Waals surface area contributed by atoms with E-state index >= 15 is 0 Å². The van der Waals surface area contributed by atoms with E-state index < -0.39 is 0 Å². The molecule has 94 valence electrons. The van der Waals surface area contributed by atoms with Gasteiger partial charge in [-0.3, -0.25) is 4.68 Å². The van der Waals surface area contributed by atoms with Crippen LogP contribution in [0.3, 0.4) is 0 Å². The zero-order valence-electron chi connectivity index (χ0n) is 10.8. The Kier molecular flexibility index (Phi) is 3.66. The van der Waals surface area contributed by atoms with E-state index in [0.717, 1.165) is 17.9 Å². The van der Waals surface area contributed by atoms with Gasteiger partial charge in [-0.05, 0) is 31.2 Å². The summed E-state index contributed by atoms with van der Waals surface area (Å²) in [7, 11) is 3.84. The van der Waals surface area contributed by atoms with Crippen LogP contribution in [0.15, 0.2) is 40.8 Å². The van der Waals surface area contributed by atoms with Crippen molar-refractivity contribution in [3.63, 3.8) is 0 Å². The summed E-state index contributed by atoms with van der Waals surface area (Å²) in [6.45, 7) is 3.08. The largest absolute Gasteiger partial charge is 0.375 e. The van der Waals surface area contributed by atoms with Gasteiger partial charge in [-0.1, -0.05) is 0 Å². The SMILES string of the molecule is CCN(C)c1ccc(N=Nc2ncn(C)n2)cc1. The van der Waals surface area contributed by atoms with E-state index in [1.165, 1.54) is 0 Å². The predicted octanol–water partition coefficient (Wildman–Crippen LogP) is 2.69. The fourth-order valence-electron chi connectivity index (χ4n) is 1.43. The molecule has 0 radical (unpaired) electrons. The second-order valence-electron chi connectivity index (χ2n) is 3.95. The minimum Gasteiger partial charge on any atom is -0.375 e. The monoisotopic (exact) mass is 244 g/mol. The fourth-order valence-corrected chi connectivity index (χ4v) is 1.43. The van der Waals surface area contributed by atoms with Crippen LogP contribution in [0, 0.1) is 0 Å². The molecule has 0 aliphatic carbocycles. The smallest absolute Gasteiger partial charge is 0.287 e. The molecule has 0 N–H and O–H groups in total. The van der Waals surface area contributed by atoms with Gasteiger partial charge in [0.15, 0.2) is 0 Å². The molecule has 6 heteroatoms. The Balaban J connectivity index is 2.08. The lowest BCUT2D eigenvalue weighted by Gasteiger charge is -2.16. The van der Waals surface area contributed by atoms with Crippen molar-refractivity contribution in [1.82, 2.24) is 14.8 Å². The van der Waals surface area contributed by atoms with Gasteiger partial charge in [0.05, 0.1) is 5.69 Å². The molecule has 1 aromatic heterocycles. The molecule has 0 bridgehead atoms. The molecule has 0 saturated carbocycles. The van der Waals surface area contributed by atoms with E-state index in [0.29, 0.717) is 5.95 Å². The lowest BCUT2D eigenvalue weighted by molar-refractivity contribution is 0.764. The minimum atomic E-state index is 0.368. The Morgan fingerprint density at radius 2 is 1.94 bits per heavy atom. The van der Waals surface area contributed by atoms with E-state index in [4.69, 9.17) is 0 Å². The number of azo groups is 1. The van der Waals surface area contributed by atoms with Crippen LogP contribution in [0.1, 0.15) is 6.92 Å².